The maximum absolute atomic E-state index is 13.2. The molecule has 0 spiro atoms. The molecule has 0 atom stereocenters. The van der Waals surface area contributed by atoms with Gasteiger partial charge in [0.2, 0.25) is 0 Å². The second kappa shape index (κ2) is 11.9. The van der Waals surface area contributed by atoms with Gasteiger partial charge in [-0.1, -0.05) is 79.0 Å². The third kappa shape index (κ3) is 9.28. The lowest BCUT2D eigenvalue weighted by Gasteiger charge is -2.23. The summed E-state index contributed by atoms with van der Waals surface area (Å²) in [5.74, 6) is 7.05. The number of allylic oxidation sites excluding steroid dienone is 4. The molecule has 2 aromatic carbocycles. The highest BCUT2D eigenvalue weighted by Gasteiger charge is 2.24. The van der Waals surface area contributed by atoms with Crippen LogP contribution in [0.5, 0.6) is 5.75 Å². The average molecular weight is 449 g/mol. The van der Waals surface area contributed by atoms with E-state index in [0.717, 1.165) is 25.0 Å². The van der Waals surface area contributed by atoms with Crippen LogP contribution in [0.2, 0.25) is 13.1 Å². The van der Waals surface area contributed by atoms with E-state index in [1.165, 1.54) is 28.5 Å². The molecular weight excluding hydrogens is 411 g/mol. The summed E-state index contributed by atoms with van der Waals surface area (Å²) in [6.45, 7) is 13.1. The van der Waals surface area contributed by atoms with Gasteiger partial charge in [-0.3, -0.25) is 0 Å². The van der Waals surface area contributed by atoms with Crippen molar-refractivity contribution in [3.05, 3.63) is 83.7 Å². The highest BCUT2D eigenvalue weighted by atomic mass is 28.3. The zero-order valence-electron chi connectivity index (χ0n) is 20.5. The molecule has 0 aliphatic heterocycles. The molecule has 0 heterocycles. The van der Waals surface area contributed by atoms with Gasteiger partial charge in [0.05, 0.1) is 6.23 Å². The lowest BCUT2D eigenvalue weighted by Crippen LogP contribution is -2.47. The number of halogens is 1. The van der Waals surface area contributed by atoms with E-state index in [1.54, 1.807) is 0 Å². The number of hydrogen-bond donors (Lipinski definition) is 0. The fourth-order valence-corrected chi connectivity index (χ4v) is 4.98. The maximum atomic E-state index is 13.2. The van der Waals surface area contributed by atoms with Gasteiger partial charge in [0.15, 0.2) is 0 Å². The van der Waals surface area contributed by atoms with Crippen LogP contribution in [0.15, 0.2) is 72.3 Å². The van der Waals surface area contributed by atoms with Crippen molar-refractivity contribution in [2.45, 2.75) is 60.1 Å². The van der Waals surface area contributed by atoms with E-state index in [2.05, 4.69) is 83.0 Å². The van der Waals surface area contributed by atoms with Gasteiger partial charge >= 0.3 is 0 Å². The van der Waals surface area contributed by atoms with E-state index in [0.29, 0.717) is 6.23 Å². The Bertz CT molecular complexity index is 982. The summed E-state index contributed by atoms with van der Waals surface area (Å²) in [5, 5.41) is 1.20. The minimum absolute atomic E-state index is 0.0402. The van der Waals surface area contributed by atoms with Crippen molar-refractivity contribution in [3.8, 4) is 17.6 Å². The first-order chi connectivity index (χ1) is 15.1. The molecule has 0 bridgehead atoms. The van der Waals surface area contributed by atoms with Gasteiger partial charge in [0.25, 0.3) is 0 Å². The van der Waals surface area contributed by atoms with E-state index >= 15 is 0 Å². The predicted octanol–water partition coefficient (Wildman–Crippen LogP) is 7.23. The molecule has 2 rings (SSSR count). The minimum atomic E-state index is -1.80. The van der Waals surface area contributed by atoms with Gasteiger partial charge in [0, 0.05) is 5.41 Å². The van der Waals surface area contributed by atoms with E-state index in [1.807, 2.05) is 24.3 Å². The third-order valence-electron chi connectivity index (χ3n) is 5.20. The Kier molecular flexibility index (Phi) is 9.54. The number of rotatable bonds is 9. The molecule has 2 aromatic rings. The van der Waals surface area contributed by atoms with Gasteiger partial charge in [-0.15, -0.1) is 0 Å². The van der Waals surface area contributed by atoms with Crippen molar-refractivity contribution in [2.75, 3.05) is 6.23 Å². The quantitative estimate of drug-likeness (QED) is 0.223. The smallest absolute Gasteiger partial charge is 0.124 e. The van der Waals surface area contributed by atoms with E-state index in [-0.39, 0.29) is 11.2 Å². The largest absolute Gasteiger partial charge is 0.497 e. The van der Waals surface area contributed by atoms with E-state index in [9.17, 15) is 4.39 Å². The molecule has 0 aliphatic rings. The molecule has 3 heteroatoms. The van der Waals surface area contributed by atoms with E-state index in [4.69, 9.17) is 4.74 Å². The number of ether oxygens (including phenoxy) is 1. The summed E-state index contributed by atoms with van der Waals surface area (Å²) in [6.07, 6.45) is 9.89. The Morgan fingerprint density at radius 1 is 1.09 bits per heavy atom. The fraction of sp³-hybridized carbons (Fsp3) is 0.379. The van der Waals surface area contributed by atoms with Crippen molar-refractivity contribution >= 4 is 13.3 Å². The third-order valence-corrected chi connectivity index (χ3v) is 7.96. The second-order valence-corrected chi connectivity index (χ2v) is 14.5. The van der Waals surface area contributed by atoms with Crippen LogP contribution in [0.3, 0.4) is 0 Å². The van der Waals surface area contributed by atoms with Crippen LogP contribution in [-0.4, -0.2) is 14.3 Å². The standard InChI is InChI=1S/C29H37FOSi/c1-7-24(13-10-8-9-11-20-29(2,3)4)21-25-14-12-15-27(22-25)31-23-32(5,6)28-18-16-26(30)17-19-28/h8-9,12-19,22H,7,10,21,23H2,1-6H3/b9-8+,24-13+. The van der Waals surface area contributed by atoms with Gasteiger partial charge in [-0.05, 0) is 75.9 Å². The van der Waals surface area contributed by atoms with Crippen molar-refractivity contribution in [2.24, 2.45) is 5.41 Å². The van der Waals surface area contributed by atoms with Crippen LogP contribution in [0, 0.1) is 23.1 Å². The van der Waals surface area contributed by atoms with Crippen molar-refractivity contribution < 1.29 is 9.13 Å². The van der Waals surface area contributed by atoms with Crippen LogP contribution in [-0.2, 0) is 6.42 Å². The summed E-state index contributed by atoms with van der Waals surface area (Å²) in [5.41, 5.74) is 2.71. The highest BCUT2D eigenvalue weighted by Crippen LogP contribution is 2.19. The summed E-state index contributed by atoms with van der Waals surface area (Å²) >= 11 is 0. The first-order valence-electron chi connectivity index (χ1n) is 11.4. The molecule has 0 amide bonds. The normalized spacial score (nSPS) is 12.5. The molecule has 170 valence electrons. The van der Waals surface area contributed by atoms with Gasteiger partial charge in [0.1, 0.15) is 19.6 Å². The molecule has 0 fully saturated rings. The van der Waals surface area contributed by atoms with E-state index < -0.39 is 8.07 Å². The molecule has 1 nitrogen and oxygen atoms in total. The van der Waals surface area contributed by atoms with Gasteiger partial charge < -0.3 is 4.74 Å². The maximum Gasteiger partial charge on any atom is 0.124 e. The molecule has 0 aromatic heterocycles. The highest BCUT2D eigenvalue weighted by molar-refractivity contribution is 6.89. The monoisotopic (exact) mass is 448 g/mol. The lowest BCUT2D eigenvalue weighted by atomic mass is 9.98. The first-order valence-corrected chi connectivity index (χ1v) is 14.6. The van der Waals surface area contributed by atoms with Crippen LogP contribution in [0.25, 0.3) is 0 Å². The zero-order valence-corrected chi connectivity index (χ0v) is 21.5. The zero-order chi connectivity index (χ0) is 23.6. The summed E-state index contributed by atoms with van der Waals surface area (Å²) in [4.78, 5) is 0. The van der Waals surface area contributed by atoms with Crippen molar-refractivity contribution in [3.63, 3.8) is 0 Å². The summed E-state index contributed by atoms with van der Waals surface area (Å²) < 4.78 is 19.4. The van der Waals surface area contributed by atoms with Crippen LogP contribution < -0.4 is 9.92 Å². The molecule has 0 aliphatic carbocycles. The Morgan fingerprint density at radius 2 is 1.81 bits per heavy atom. The molecule has 0 N–H and O–H groups in total. The lowest BCUT2D eigenvalue weighted by molar-refractivity contribution is 0.379. The summed E-state index contributed by atoms with van der Waals surface area (Å²) in [7, 11) is -1.80. The Labute approximate surface area is 195 Å². The number of hydrogen-bond acceptors (Lipinski definition) is 1. The summed E-state index contributed by atoms with van der Waals surface area (Å²) in [6, 6.07) is 15.2. The van der Waals surface area contributed by atoms with Gasteiger partial charge in [-0.2, -0.15) is 0 Å². The molecule has 32 heavy (non-hydrogen) atoms. The van der Waals surface area contributed by atoms with Crippen molar-refractivity contribution in [1.29, 1.82) is 0 Å². The molecule has 0 unspecified atom stereocenters. The minimum Gasteiger partial charge on any atom is -0.497 e. The predicted molar refractivity (Wildman–Crippen MR) is 139 cm³/mol. The van der Waals surface area contributed by atoms with Gasteiger partial charge in [-0.25, -0.2) is 4.39 Å². The van der Waals surface area contributed by atoms with Crippen LogP contribution >= 0.6 is 0 Å². The number of benzene rings is 2. The average Bonchev–Trinajstić information content (AvgIpc) is 2.74. The molecule has 0 saturated heterocycles. The molecule has 0 radical (unpaired) electrons. The molecular formula is C29H37FOSi. The Morgan fingerprint density at radius 3 is 2.47 bits per heavy atom. The Hall–Kier alpha value is -2.57. The molecule has 0 saturated carbocycles. The topological polar surface area (TPSA) is 9.23 Å². The second-order valence-electron chi connectivity index (χ2n) is 9.88. The Balaban J connectivity index is 1.96. The SMILES string of the molecule is CC/C(=C\C/C=C/C#CC(C)(C)C)Cc1cccc(OC[Si](C)(C)c2ccc(F)cc2)c1. The van der Waals surface area contributed by atoms with Crippen LogP contribution in [0.4, 0.5) is 4.39 Å². The first kappa shape index (κ1) is 25.7. The van der Waals surface area contributed by atoms with Crippen molar-refractivity contribution in [1.82, 2.24) is 0 Å². The fourth-order valence-electron chi connectivity index (χ4n) is 3.22. The van der Waals surface area contributed by atoms with Crippen LogP contribution in [0.1, 0.15) is 46.1 Å².